The standard InChI is InChI=1S/C19H25N5O2/c1-15-4-2-5-16(14-15)17(25)21-11-12-22-18(26)19(6-9-20-10-7-19)24-13-3-8-23-24/h2-5,8,13-14,20H,6-7,9-12H2,1H3,(H,21,25)(H,22,26). The molecule has 0 bridgehead atoms. The average molecular weight is 355 g/mol. The molecule has 0 saturated carbocycles. The summed E-state index contributed by atoms with van der Waals surface area (Å²) in [5, 5.41) is 13.4. The molecule has 7 nitrogen and oxygen atoms in total. The van der Waals surface area contributed by atoms with Crippen LogP contribution < -0.4 is 16.0 Å². The smallest absolute Gasteiger partial charge is 0.251 e. The predicted octanol–water partition coefficient (Wildman–Crippen LogP) is 0.816. The molecule has 0 aliphatic carbocycles. The molecule has 1 aromatic carbocycles. The zero-order valence-electron chi connectivity index (χ0n) is 15.0. The van der Waals surface area contributed by atoms with Crippen LogP contribution >= 0.6 is 0 Å². The van der Waals surface area contributed by atoms with Gasteiger partial charge in [0.15, 0.2) is 0 Å². The average Bonchev–Trinajstić information content (AvgIpc) is 3.20. The SMILES string of the molecule is Cc1cccc(C(=O)NCCNC(=O)C2(n3cccn3)CCNCC2)c1. The summed E-state index contributed by atoms with van der Waals surface area (Å²) < 4.78 is 1.76. The van der Waals surface area contributed by atoms with E-state index in [-0.39, 0.29) is 11.8 Å². The summed E-state index contributed by atoms with van der Waals surface area (Å²) in [6, 6.07) is 9.26. The Labute approximate surface area is 153 Å². The van der Waals surface area contributed by atoms with Crippen LogP contribution in [0.25, 0.3) is 0 Å². The van der Waals surface area contributed by atoms with Gasteiger partial charge in [0, 0.05) is 31.0 Å². The number of hydrogen-bond donors (Lipinski definition) is 3. The summed E-state index contributed by atoms with van der Waals surface area (Å²) in [7, 11) is 0. The monoisotopic (exact) mass is 355 g/mol. The van der Waals surface area contributed by atoms with Crippen LogP contribution in [-0.4, -0.2) is 47.8 Å². The van der Waals surface area contributed by atoms with Crippen LogP contribution in [0, 0.1) is 6.92 Å². The fourth-order valence-corrected chi connectivity index (χ4v) is 3.33. The van der Waals surface area contributed by atoms with E-state index in [0.29, 0.717) is 31.5 Å². The Morgan fingerprint density at radius 3 is 2.65 bits per heavy atom. The van der Waals surface area contributed by atoms with Gasteiger partial charge in [-0.3, -0.25) is 14.3 Å². The number of hydrogen-bond acceptors (Lipinski definition) is 4. The minimum atomic E-state index is -0.657. The Bertz CT molecular complexity index is 751. The van der Waals surface area contributed by atoms with Gasteiger partial charge in [-0.05, 0) is 51.1 Å². The van der Waals surface area contributed by atoms with E-state index >= 15 is 0 Å². The maximum atomic E-state index is 12.9. The van der Waals surface area contributed by atoms with Crippen molar-refractivity contribution in [3.8, 4) is 0 Å². The minimum Gasteiger partial charge on any atom is -0.352 e. The molecule has 7 heteroatoms. The number of aryl methyl sites for hydroxylation is 1. The van der Waals surface area contributed by atoms with E-state index in [4.69, 9.17) is 0 Å². The second-order valence-corrected chi connectivity index (χ2v) is 6.61. The van der Waals surface area contributed by atoms with Crippen molar-refractivity contribution in [2.24, 2.45) is 0 Å². The van der Waals surface area contributed by atoms with Gasteiger partial charge < -0.3 is 16.0 Å². The predicted molar refractivity (Wildman–Crippen MR) is 98.8 cm³/mol. The molecule has 26 heavy (non-hydrogen) atoms. The molecule has 3 rings (SSSR count). The Balaban J connectivity index is 1.53. The van der Waals surface area contributed by atoms with E-state index in [1.807, 2.05) is 37.4 Å². The van der Waals surface area contributed by atoms with Crippen LogP contribution in [0.15, 0.2) is 42.7 Å². The van der Waals surface area contributed by atoms with Gasteiger partial charge >= 0.3 is 0 Å². The van der Waals surface area contributed by atoms with Crippen molar-refractivity contribution in [2.45, 2.75) is 25.3 Å². The highest BCUT2D eigenvalue weighted by atomic mass is 16.2. The first-order valence-corrected chi connectivity index (χ1v) is 8.96. The van der Waals surface area contributed by atoms with Gasteiger partial charge in [0.25, 0.3) is 5.91 Å². The first-order valence-electron chi connectivity index (χ1n) is 8.96. The van der Waals surface area contributed by atoms with Gasteiger partial charge in [0.1, 0.15) is 5.54 Å². The molecular weight excluding hydrogens is 330 g/mol. The summed E-state index contributed by atoms with van der Waals surface area (Å²) in [4.78, 5) is 25.0. The van der Waals surface area contributed by atoms with Crippen molar-refractivity contribution < 1.29 is 9.59 Å². The number of aromatic nitrogens is 2. The molecular formula is C19H25N5O2. The maximum Gasteiger partial charge on any atom is 0.251 e. The van der Waals surface area contributed by atoms with E-state index in [1.54, 1.807) is 16.9 Å². The molecule has 0 spiro atoms. The van der Waals surface area contributed by atoms with Crippen molar-refractivity contribution in [3.63, 3.8) is 0 Å². The van der Waals surface area contributed by atoms with Gasteiger partial charge in [-0.2, -0.15) is 5.10 Å². The summed E-state index contributed by atoms with van der Waals surface area (Å²) >= 11 is 0. The molecule has 0 atom stereocenters. The largest absolute Gasteiger partial charge is 0.352 e. The Morgan fingerprint density at radius 2 is 1.96 bits per heavy atom. The highest BCUT2D eigenvalue weighted by Gasteiger charge is 2.41. The first kappa shape index (κ1) is 18.1. The number of nitrogens with zero attached hydrogens (tertiary/aromatic N) is 2. The summed E-state index contributed by atoms with van der Waals surface area (Å²) in [6.07, 6.45) is 4.91. The van der Waals surface area contributed by atoms with Gasteiger partial charge in [0.2, 0.25) is 5.91 Å². The minimum absolute atomic E-state index is 0.0486. The highest BCUT2D eigenvalue weighted by Crippen LogP contribution is 2.26. The molecule has 2 heterocycles. The van der Waals surface area contributed by atoms with Crippen molar-refractivity contribution >= 4 is 11.8 Å². The molecule has 2 amide bonds. The van der Waals surface area contributed by atoms with Crippen LogP contribution in [0.5, 0.6) is 0 Å². The molecule has 1 fully saturated rings. The van der Waals surface area contributed by atoms with E-state index in [1.165, 1.54) is 0 Å². The first-order chi connectivity index (χ1) is 12.6. The number of amides is 2. The topological polar surface area (TPSA) is 88.1 Å². The third kappa shape index (κ3) is 3.94. The Hall–Kier alpha value is -2.67. The van der Waals surface area contributed by atoms with Crippen LogP contribution in [0.4, 0.5) is 0 Å². The van der Waals surface area contributed by atoms with Gasteiger partial charge in [-0.15, -0.1) is 0 Å². The van der Waals surface area contributed by atoms with Crippen LogP contribution in [0.1, 0.15) is 28.8 Å². The summed E-state index contributed by atoms with van der Waals surface area (Å²) in [6.45, 7) is 4.26. The highest BCUT2D eigenvalue weighted by molar-refractivity contribution is 5.94. The maximum absolute atomic E-state index is 12.9. The lowest BCUT2D eigenvalue weighted by Crippen LogP contribution is -2.55. The number of carbonyl (C=O) groups excluding carboxylic acids is 2. The Kier molecular flexibility index (Phi) is 5.68. The molecule has 0 unspecified atom stereocenters. The van der Waals surface area contributed by atoms with Crippen molar-refractivity contribution in [2.75, 3.05) is 26.2 Å². The fraction of sp³-hybridized carbons (Fsp3) is 0.421. The molecule has 1 aromatic heterocycles. The van der Waals surface area contributed by atoms with E-state index < -0.39 is 5.54 Å². The summed E-state index contributed by atoms with van der Waals surface area (Å²) in [5.41, 5.74) is 1.01. The Morgan fingerprint density at radius 1 is 1.19 bits per heavy atom. The summed E-state index contributed by atoms with van der Waals surface area (Å²) in [5.74, 6) is -0.181. The second kappa shape index (κ2) is 8.14. The molecule has 138 valence electrons. The second-order valence-electron chi connectivity index (χ2n) is 6.61. The third-order valence-corrected chi connectivity index (χ3v) is 4.77. The fourth-order valence-electron chi connectivity index (χ4n) is 3.33. The molecule has 1 aliphatic rings. The van der Waals surface area contributed by atoms with Gasteiger partial charge in [-0.25, -0.2) is 0 Å². The van der Waals surface area contributed by atoms with Crippen LogP contribution in [0.2, 0.25) is 0 Å². The normalized spacial score (nSPS) is 16.0. The number of benzene rings is 1. The zero-order valence-corrected chi connectivity index (χ0v) is 15.0. The molecule has 0 radical (unpaired) electrons. The van der Waals surface area contributed by atoms with Crippen LogP contribution in [-0.2, 0) is 10.3 Å². The van der Waals surface area contributed by atoms with Crippen LogP contribution in [0.3, 0.4) is 0 Å². The number of nitrogens with one attached hydrogen (secondary N) is 3. The molecule has 2 aromatic rings. The van der Waals surface area contributed by atoms with Crippen molar-refractivity contribution in [1.29, 1.82) is 0 Å². The lowest BCUT2D eigenvalue weighted by atomic mass is 9.87. The van der Waals surface area contributed by atoms with Gasteiger partial charge in [0.05, 0.1) is 0 Å². The number of carbonyl (C=O) groups is 2. The van der Waals surface area contributed by atoms with E-state index in [0.717, 1.165) is 18.7 Å². The van der Waals surface area contributed by atoms with Crippen molar-refractivity contribution in [3.05, 3.63) is 53.9 Å². The molecule has 1 aliphatic heterocycles. The van der Waals surface area contributed by atoms with E-state index in [2.05, 4.69) is 21.0 Å². The number of piperidine rings is 1. The van der Waals surface area contributed by atoms with Crippen molar-refractivity contribution in [1.82, 2.24) is 25.7 Å². The lowest BCUT2D eigenvalue weighted by molar-refractivity contribution is -0.131. The van der Waals surface area contributed by atoms with Gasteiger partial charge in [-0.1, -0.05) is 17.7 Å². The van der Waals surface area contributed by atoms with E-state index in [9.17, 15) is 9.59 Å². The quantitative estimate of drug-likeness (QED) is 0.670. The molecule has 3 N–H and O–H groups in total. The molecule has 1 saturated heterocycles. The lowest BCUT2D eigenvalue weighted by Gasteiger charge is -2.36. The third-order valence-electron chi connectivity index (χ3n) is 4.77. The zero-order chi connectivity index (χ0) is 18.4. The number of rotatable bonds is 6.